The van der Waals surface area contributed by atoms with Crippen molar-refractivity contribution in [3.63, 3.8) is 0 Å². The van der Waals surface area contributed by atoms with Crippen LogP contribution in [0.2, 0.25) is 0 Å². The van der Waals surface area contributed by atoms with E-state index in [-0.39, 0.29) is 4.90 Å². The molecule has 0 unspecified atom stereocenters. The number of thioether (sulfide) groups is 1. The summed E-state index contributed by atoms with van der Waals surface area (Å²) >= 11 is 5.01. The second-order valence-corrected chi connectivity index (χ2v) is 7.63. The Kier molecular flexibility index (Phi) is 6.12. The molecule has 0 saturated carbocycles. The first-order valence-corrected chi connectivity index (χ1v) is 9.30. The molecule has 0 atom stereocenters. The molecular weight excluding hydrogens is 348 g/mol. The van der Waals surface area contributed by atoms with Crippen molar-refractivity contribution in [1.82, 2.24) is 0 Å². The fraction of sp³-hybridized carbons (Fsp3) is 0.400. The number of benzene rings is 1. The molecule has 17 heavy (non-hydrogen) atoms. The fourth-order valence-corrected chi connectivity index (χ4v) is 2.96. The first-order valence-electron chi connectivity index (χ1n) is 4.81. The standard InChI is InChI=1S/C10H12BrClO3S2/c1-16-6-2-5-15-10-4-3-8(7-9(10)11)17(12,13)14/h3-4,7H,2,5-6H2,1H3. The summed E-state index contributed by atoms with van der Waals surface area (Å²) in [4.78, 5) is 0.0579. The maximum absolute atomic E-state index is 11.1. The fourth-order valence-electron chi connectivity index (χ4n) is 1.14. The number of hydrogen-bond donors (Lipinski definition) is 0. The van der Waals surface area contributed by atoms with E-state index < -0.39 is 9.05 Å². The zero-order valence-electron chi connectivity index (χ0n) is 9.15. The molecule has 3 nitrogen and oxygen atoms in total. The first kappa shape index (κ1) is 15.1. The SMILES string of the molecule is CSCCCOc1ccc(S(=O)(=O)Cl)cc1Br. The molecule has 0 aliphatic heterocycles. The smallest absolute Gasteiger partial charge is 0.261 e. The minimum absolute atomic E-state index is 0.0579. The predicted molar refractivity (Wildman–Crippen MR) is 75.7 cm³/mol. The van der Waals surface area contributed by atoms with Crippen LogP contribution in [0.25, 0.3) is 0 Å². The predicted octanol–water partition coefficient (Wildman–Crippen LogP) is 3.51. The Hall–Kier alpha value is 0.0900. The summed E-state index contributed by atoms with van der Waals surface area (Å²) in [6, 6.07) is 4.46. The summed E-state index contributed by atoms with van der Waals surface area (Å²) in [6.45, 7) is 0.604. The van der Waals surface area contributed by atoms with Gasteiger partial charge in [-0.05, 0) is 52.6 Å². The van der Waals surface area contributed by atoms with E-state index in [1.165, 1.54) is 12.1 Å². The molecule has 0 heterocycles. The Balaban J connectivity index is 2.70. The number of ether oxygens (including phenoxy) is 1. The van der Waals surface area contributed by atoms with Gasteiger partial charge in [-0.25, -0.2) is 8.42 Å². The van der Waals surface area contributed by atoms with Crippen molar-refractivity contribution in [3.05, 3.63) is 22.7 Å². The van der Waals surface area contributed by atoms with Crippen LogP contribution in [0.1, 0.15) is 6.42 Å². The average Bonchev–Trinajstić information content (AvgIpc) is 2.24. The Bertz CT molecular complexity index is 476. The summed E-state index contributed by atoms with van der Waals surface area (Å²) < 4.78 is 28.3. The largest absolute Gasteiger partial charge is 0.492 e. The Labute approximate surface area is 118 Å². The summed E-state index contributed by atoms with van der Waals surface area (Å²) in [6.07, 6.45) is 2.99. The number of rotatable bonds is 6. The Morgan fingerprint density at radius 1 is 1.47 bits per heavy atom. The lowest BCUT2D eigenvalue weighted by Crippen LogP contribution is -2.00. The molecule has 0 aliphatic carbocycles. The van der Waals surface area contributed by atoms with Crippen LogP contribution >= 0.6 is 38.4 Å². The van der Waals surface area contributed by atoms with Gasteiger partial charge in [-0.1, -0.05) is 0 Å². The molecule has 1 aromatic carbocycles. The lowest BCUT2D eigenvalue weighted by molar-refractivity contribution is 0.316. The van der Waals surface area contributed by atoms with Crippen molar-refractivity contribution >= 4 is 47.4 Å². The third-order valence-corrected chi connectivity index (χ3v) is 4.60. The van der Waals surface area contributed by atoms with Crippen molar-refractivity contribution in [2.75, 3.05) is 18.6 Å². The maximum Gasteiger partial charge on any atom is 0.261 e. The highest BCUT2D eigenvalue weighted by atomic mass is 79.9. The van der Waals surface area contributed by atoms with E-state index in [1.54, 1.807) is 17.8 Å². The van der Waals surface area contributed by atoms with Gasteiger partial charge in [-0.3, -0.25) is 0 Å². The summed E-state index contributed by atoms with van der Waals surface area (Å²) in [7, 11) is 1.55. The molecule has 0 fully saturated rings. The van der Waals surface area contributed by atoms with Crippen molar-refractivity contribution in [3.8, 4) is 5.75 Å². The van der Waals surface area contributed by atoms with Crippen molar-refractivity contribution in [2.24, 2.45) is 0 Å². The van der Waals surface area contributed by atoms with E-state index in [0.717, 1.165) is 12.2 Å². The van der Waals surface area contributed by atoms with Crippen LogP contribution in [-0.2, 0) is 9.05 Å². The Morgan fingerprint density at radius 3 is 2.71 bits per heavy atom. The third kappa shape index (κ3) is 5.07. The van der Waals surface area contributed by atoms with Gasteiger partial charge in [0.2, 0.25) is 0 Å². The molecule has 1 rings (SSSR count). The van der Waals surface area contributed by atoms with Crippen LogP contribution < -0.4 is 4.74 Å². The van der Waals surface area contributed by atoms with Crippen LogP contribution in [0.15, 0.2) is 27.6 Å². The maximum atomic E-state index is 11.1. The third-order valence-electron chi connectivity index (χ3n) is 1.94. The lowest BCUT2D eigenvalue weighted by atomic mass is 10.3. The molecular formula is C10H12BrClO3S2. The van der Waals surface area contributed by atoms with Crippen LogP contribution in [0.4, 0.5) is 0 Å². The minimum Gasteiger partial charge on any atom is -0.492 e. The van der Waals surface area contributed by atoms with E-state index in [0.29, 0.717) is 16.8 Å². The molecule has 7 heteroatoms. The molecule has 0 aromatic heterocycles. The van der Waals surface area contributed by atoms with Gasteiger partial charge in [0, 0.05) is 10.7 Å². The molecule has 0 aliphatic rings. The highest BCUT2D eigenvalue weighted by Gasteiger charge is 2.12. The zero-order valence-corrected chi connectivity index (χ0v) is 13.1. The van der Waals surface area contributed by atoms with Crippen molar-refractivity contribution in [1.29, 1.82) is 0 Å². The monoisotopic (exact) mass is 358 g/mol. The molecule has 1 aromatic rings. The molecule has 0 spiro atoms. The molecule has 0 amide bonds. The van der Waals surface area contributed by atoms with Gasteiger partial charge in [-0.2, -0.15) is 11.8 Å². The van der Waals surface area contributed by atoms with Gasteiger partial charge in [0.05, 0.1) is 16.0 Å². The highest BCUT2D eigenvalue weighted by Crippen LogP contribution is 2.29. The van der Waals surface area contributed by atoms with E-state index >= 15 is 0 Å². The van der Waals surface area contributed by atoms with Gasteiger partial charge >= 0.3 is 0 Å². The van der Waals surface area contributed by atoms with Gasteiger partial charge in [0.25, 0.3) is 9.05 Å². The minimum atomic E-state index is -3.69. The van der Waals surface area contributed by atoms with E-state index in [4.69, 9.17) is 15.4 Å². The number of hydrogen-bond acceptors (Lipinski definition) is 4. The van der Waals surface area contributed by atoms with Crippen LogP contribution in [0, 0.1) is 0 Å². The zero-order chi connectivity index (χ0) is 12.9. The van der Waals surface area contributed by atoms with E-state index in [2.05, 4.69) is 15.9 Å². The average molecular weight is 360 g/mol. The van der Waals surface area contributed by atoms with Crippen molar-refractivity contribution < 1.29 is 13.2 Å². The second-order valence-electron chi connectivity index (χ2n) is 3.22. The van der Waals surface area contributed by atoms with E-state index in [1.807, 2.05) is 6.26 Å². The van der Waals surface area contributed by atoms with Crippen LogP contribution in [-0.4, -0.2) is 27.0 Å². The van der Waals surface area contributed by atoms with Gasteiger partial charge in [0.15, 0.2) is 0 Å². The number of halogens is 2. The molecule has 96 valence electrons. The van der Waals surface area contributed by atoms with Crippen LogP contribution in [0.3, 0.4) is 0 Å². The topological polar surface area (TPSA) is 43.4 Å². The molecule has 0 bridgehead atoms. The van der Waals surface area contributed by atoms with Crippen LogP contribution in [0.5, 0.6) is 5.75 Å². The lowest BCUT2D eigenvalue weighted by Gasteiger charge is -2.08. The highest BCUT2D eigenvalue weighted by molar-refractivity contribution is 9.10. The normalized spacial score (nSPS) is 11.5. The van der Waals surface area contributed by atoms with Crippen molar-refractivity contribution in [2.45, 2.75) is 11.3 Å². The molecule has 0 saturated heterocycles. The van der Waals surface area contributed by atoms with Gasteiger partial charge in [0.1, 0.15) is 5.75 Å². The first-order chi connectivity index (χ1) is 7.95. The quantitative estimate of drug-likeness (QED) is 0.576. The molecule has 0 N–H and O–H groups in total. The Morgan fingerprint density at radius 2 is 2.18 bits per heavy atom. The summed E-state index contributed by atoms with van der Waals surface area (Å²) in [5.74, 6) is 1.65. The summed E-state index contributed by atoms with van der Waals surface area (Å²) in [5, 5.41) is 0. The molecule has 0 radical (unpaired) electrons. The summed E-state index contributed by atoms with van der Waals surface area (Å²) in [5.41, 5.74) is 0. The second kappa shape index (κ2) is 6.87. The van der Waals surface area contributed by atoms with Gasteiger partial charge < -0.3 is 4.74 Å². The van der Waals surface area contributed by atoms with E-state index in [9.17, 15) is 8.42 Å². The van der Waals surface area contributed by atoms with Gasteiger partial charge in [-0.15, -0.1) is 0 Å².